The van der Waals surface area contributed by atoms with Crippen molar-refractivity contribution in [3.8, 4) is 11.3 Å². The van der Waals surface area contributed by atoms with Gasteiger partial charge in [-0.25, -0.2) is 4.98 Å². The van der Waals surface area contributed by atoms with E-state index in [1.165, 1.54) is 0 Å². The number of carbonyl (C=O) groups is 1. The maximum Gasteiger partial charge on any atom is 0.242 e. The number of furan rings is 1. The number of amides is 1. The van der Waals surface area contributed by atoms with Gasteiger partial charge in [-0.2, -0.15) is 0 Å². The number of halogens is 1. The van der Waals surface area contributed by atoms with E-state index in [1.807, 2.05) is 72.2 Å². The third-order valence-electron chi connectivity index (χ3n) is 4.75. The molecule has 0 bridgehead atoms. The summed E-state index contributed by atoms with van der Waals surface area (Å²) in [5.74, 6) is 2.30. The van der Waals surface area contributed by atoms with Crippen LogP contribution in [0.1, 0.15) is 11.6 Å². The summed E-state index contributed by atoms with van der Waals surface area (Å²) < 4.78 is 7.84. The molecule has 0 saturated carbocycles. The van der Waals surface area contributed by atoms with Gasteiger partial charge >= 0.3 is 0 Å². The Morgan fingerprint density at radius 3 is 2.64 bits per heavy atom. The number of benzene rings is 2. The van der Waals surface area contributed by atoms with Gasteiger partial charge < -0.3 is 13.9 Å². The zero-order valence-electron chi connectivity index (χ0n) is 15.7. The molecule has 0 aliphatic carbocycles. The van der Waals surface area contributed by atoms with Crippen LogP contribution in [0.4, 0.5) is 0 Å². The van der Waals surface area contributed by atoms with Crippen LogP contribution in [-0.2, 0) is 17.9 Å². The number of imidazole rings is 1. The first-order valence-electron chi connectivity index (χ1n) is 9.02. The molecule has 0 unspecified atom stereocenters. The van der Waals surface area contributed by atoms with Gasteiger partial charge in [0.1, 0.15) is 23.9 Å². The third-order valence-corrected chi connectivity index (χ3v) is 5.00. The Labute approximate surface area is 168 Å². The summed E-state index contributed by atoms with van der Waals surface area (Å²) in [4.78, 5) is 18.9. The van der Waals surface area contributed by atoms with Crippen molar-refractivity contribution in [1.82, 2.24) is 14.5 Å². The van der Waals surface area contributed by atoms with Crippen LogP contribution in [0.3, 0.4) is 0 Å². The number of carbonyl (C=O) groups excluding carboxylic acids is 1. The minimum atomic E-state index is -0.00399. The highest BCUT2D eigenvalue weighted by Gasteiger charge is 2.16. The van der Waals surface area contributed by atoms with Crippen LogP contribution >= 0.6 is 11.6 Å². The van der Waals surface area contributed by atoms with Crippen molar-refractivity contribution in [3.05, 3.63) is 77.3 Å². The molecule has 0 saturated heterocycles. The molecule has 4 aromatic rings. The Morgan fingerprint density at radius 2 is 1.86 bits per heavy atom. The van der Waals surface area contributed by atoms with E-state index in [-0.39, 0.29) is 12.5 Å². The van der Waals surface area contributed by atoms with E-state index >= 15 is 0 Å². The summed E-state index contributed by atoms with van der Waals surface area (Å²) in [5.41, 5.74) is 2.81. The second kappa shape index (κ2) is 7.52. The first-order valence-corrected chi connectivity index (χ1v) is 9.39. The van der Waals surface area contributed by atoms with E-state index < -0.39 is 0 Å². The average Bonchev–Trinajstić information content (AvgIpc) is 3.27. The van der Waals surface area contributed by atoms with Crippen LogP contribution in [0, 0.1) is 6.92 Å². The summed E-state index contributed by atoms with van der Waals surface area (Å²) in [5, 5.41) is 0.683. The summed E-state index contributed by atoms with van der Waals surface area (Å²) in [6, 6.07) is 19.1. The monoisotopic (exact) mass is 393 g/mol. The molecule has 2 aromatic heterocycles. The van der Waals surface area contributed by atoms with Gasteiger partial charge in [-0.15, -0.1) is 0 Å². The maximum absolute atomic E-state index is 12.7. The number of fused-ring (bicyclic) bond motifs is 1. The highest BCUT2D eigenvalue weighted by atomic mass is 35.5. The number of nitrogens with zero attached hydrogens (tertiary/aromatic N) is 3. The molecule has 5 nitrogen and oxygen atoms in total. The van der Waals surface area contributed by atoms with Gasteiger partial charge in [0.2, 0.25) is 5.91 Å². The molecule has 0 aliphatic heterocycles. The molecule has 28 heavy (non-hydrogen) atoms. The fourth-order valence-electron chi connectivity index (χ4n) is 3.21. The molecule has 2 heterocycles. The zero-order chi connectivity index (χ0) is 19.7. The van der Waals surface area contributed by atoms with Crippen molar-refractivity contribution in [2.45, 2.75) is 20.0 Å². The van der Waals surface area contributed by atoms with Crippen LogP contribution in [0.5, 0.6) is 0 Å². The fourth-order valence-corrected chi connectivity index (χ4v) is 3.33. The zero-order valence-corrected chi connectivity index (χ0v) is 16.5. The lowest BCUT2D eigenvalue weighted by molar-refractivity contribution is -0.131. The third kappa shape index (κ3) is 3.66. The van der Waals surface area contributed by atoms with Gasteiger partial charge in [0.05, 0.1) is 17.6 Å². The number of likely N-dealkylation sites (N-methyl/N-ethyl adjacent to an activating group) is 1. The van der Waals surface area contributed by atoms with Gasteiger partial charge in [0.15, 0.2) is 0 Å². The molecule has 0 N–H and O–H groups in total. The first-order chi connectivity index (χ1) is 13.5. The van der Waals surface area contributed by atoms with E-state index in [0.29, 0.717) is 11.6 Å². The minimum Gasteiger partial charge on any atom is -0.459 e. The Hall–Kier alpha value is -3.05. The second-order valence-electron chi connectivity index (χ2n) is 6.76. The van der Waals surface area contributed by atoms with E-state index in [1.54, 1.807) is 11.9 Å². The van der Waals surface area contributed by atoms with Crippen molar-refractivity contribution in [2.75, 3.05) is 7.05 Å². The van der Waals surface area contributed by atoms with Gasteiger partial charge in [-0.1, -0.05) is 23.7 Å². The molecule has 0 aliphatic rings. The lowest BCUT2D eigenvalue weighted by atomic mass is 10.2. The summed E-state index contributed by atoms with van der Waals surface area (Å²) in [6.07, 6.45) is 0. The molecule has 4 rings (SSSR count). The Morgan fingerprint density at radius 1 is 1.11 bits per heavy atom. The predicted octanol–water partition coefficient (Wildman–Crippen LogP) is 4.92. The maximum atomic E-state index is 12.7. The molecule has 1 amide bonds. The standard InChI is InChI=1S/C22H20ClN3O2/c1-15-24-19-5-3-4-6-20(19)26(15)14-22(27)25(2)13-18-11-12-21(28-18)16-7-9-17(23)10-8-16/h3-12H,13-14H2,1-2H3. The van der Waals surface area contributed by atoms with Crippen LogP contribution in [-0.4, -0.2) is 27.4 Å². The molecule has 0 fully saturated rings. The van der Waals surface area contributed by atoms with Gasteiger partial charge in [-0.3, -0.25) is 4.79 Å². The smallest absolute Gasteiger partial charge is 0.242 e. The fraction of sp³-hybridized carbons (Fsp3) is 0.182. The van der Waals surface area contributed by atoms with E-state index in [0.717, 1.165) is 33.9 Å². The lowest BCUT2D eigenvalue weighted by Crippen LogP contribution is -2.29. The number of aromatic nitrogens is 2. The first kappa shape index (κ1) is 18.3. The number of hydrogen-bond donors (Lipinski definition) is 0. The van der Waals surface area contributed by atoms with Crippen molar-refractivity contribution >= 4 is 28.5 Å². The Bertz CT molecular complexity index is 1130. The van der Waals surface area contributed by atoms with Crippen LogP contribution in [0.15, 0.2) is 65.1 Å². The molecule has 2 aromatic carbocycles. The summed E-state index contributed by atoms with van der Waals surface area (Å²) >= 11 is 5.93. The van der Waals surface area contributed by atoms with Gasteiger partial charge in [-0.05, 0) is 55.5 Å². The summed E-state index contributed by atoms with van der Waals surface area (Å²) in [6.45, 7) is 2.56. The van der Waals surface area contributed by atoms with Crippen molar-refractivity contribution in [1.29, 1.82) is 0 Å². The largest absolute Gasteiger partial charge is 0.459 e. The van der Waals surface area contributed by atoms with Crippen LogP contribution in [0.25, 0.3) is 22.4 Å². The van der Waals surface area contributed by atoms with E-state index in [2.05, 4.69) is 4.98 Å². The molecular weight excluding hydrogens is 374 g/mol. The molecule has 0 atom stereocenters. The van der Waals surface area contributed by atoms with Crippen LogP contribution < -0.4 is 0 Å². The number of aryl methyl sites for hydroxylation is 1. The normalized spacial score (nSPS) is 11.1. The number of para-hydroxylation sites is 2. The van der Waals surface area contributed by atoms with Crippen molar-refractivity contribution in [3.63, 3.8) is 0 Å². The van der Waals surface area contributed by atoms with Gasteiger partial charge in [0, 0.05) is 17.6 Å². The highest BCUT2D eigenvalue weighted by molar-refractivity contribution is 6.30. The topological polar surface area (TPSA) is 51.3 Å². The number of hydrogen-bond acceptors (Lipinski definition) is 3. The van der Waals surface area contributed by atoms with Crippen LogP contribution in [0.2, 0.25) is 5.02 Å². The van der Waals surface area contributed by atoms with Crippen molar-refractivity contribution < 1.29 is 9.21 Å². The molecule has 0 spiro atoms. The van der Waals surface area contributed by atoms with Gasteiger partial charge in [0.25, 0.3) is 0 Å². The van der Waals surface area contributed by atoms with E-state index in [9.17, 15) is 4.79 Å². The molecule has 6 heteroatoms. The quantitative estimate of drug-likeness (QED) is 0.483. The highest BCUT2D eigenvalue weighted by Crippen LogP contribution is 2.24. The Kier molecular flexibility index (Phi) is 4.92. The average molecular weight is 394 g/mol. The summed E-state index contributed by atoms with van der Waals surface area (Å²) in [7, 11) is 1.78. The van der Waals surface area contributed by atoms with E-state index in [4.69, 9.17) is 16.0 Å². The minimum absolute atomic E-state index is 0.00399. The molecule has 0 radical (unpaired) electrons. The molecular formula is C22H20ClN3O2. The molecule has 142 valence electrons. The number of rotatable bonds is 5. The Balaban J connectivity index is 1.46. The predicted molar refractivity (Wildman–Crippen MR) is 110 cm³/mol. The SMILES string of the molecule is Cc1nc2ccccc2n1CC(=O)N(C)Cc1ccc(-c2ccc(Cl)cc2)o1. The van der Waals surface area contributed by atoms with Crippen molar-refractivity contribution in [2.24, 2.45) is 0 Å². The lowest BCUT2D eigenvalue weighted by Gasteiger charge is -2.17. The second-order valence-corrected chi connectivity index (χ2v) is 7.19.